The van der Waals surface area contributed by atoms with E-state index in [0.29, 0.717) is 26.7 Å². The molecule has 0 saturated heterocycles. The molecule has 2 atom stereocenters. The van der Waals surface area contributed by atoms with E-state index in [0.717, 1.165) is 26.3 Å². The van der Waals surface area contributed by atoms with Gasteiger partial charge in [0.05, 0.1) is 43.6 Å². The van der Waals surface area contributed by atoms with Crippen LogP contribution >= 0.6 is 11.3 Å². The number of Topliss-reactive ketones (excluding diaryl/α,β-unsaturated/α-hetero) is 1. The van der Waals surface area contributed by atoms with Crippen molar-refractivity contribution in [3.05, 3.63) is 129 Å². The molecule has 0 unspecified atom stereocenters. The van der Waals surface area contributed by atoms with Gasteiger partial charge in [-0.25, -0.2) is 13.8 Å². The third-order valence-electron chi connectivity index (χ3n) is 9.97. The zero-order chi connectivity index (χ0) is 38.9. The van der Waals surface area contributed by atoms with Gasteiger partial charge in [-0.2, -0.15) is 10.2 Å². The van der Waals surface area contributed by atoms with Gasteiger partial charge < -0.3 is 14.3 Å². The summed E-state index contributed by atoms with van der Waals surface area (Å²) in [6, 6.07) is 21.6. The Balaban J connectivity index is 1.51. The number of benzene rings is 3. The first-order chi connectivity index (χ1) is 25.7. The molecule has 0 saturated carbocycles. The molecule has 0 spiro atoms. The average Bonchev–Trinajstić information content (AvgIpc) is 3.81. The van der Waals surface area contributed by atoms with Crippen LogP contribution in [0.5, 0.6) is 5.75 Å². The van der Waals surface area contributed by atoms with E-state index in [4.69, 9.17) is 9.47 Å². The van der Waals surface area contributed by atoms with Crippen molar-refractivity contribution in [2.24, 2.45) is 0 Å². The van der Waals surface area contributed by atoms with E-state index in [1.807, 2.05) is 88.4 Å². The molecular weight excluding hydrogens is 726 g/mol. The highest BCUT2D eigenvalue weighted by molar-refractivity contribution is 7.21. The van der Waals surface area contributed by atoms with E-state index >= 15 is 0 Å². The number of methoxy groups -OCH3 is 1. The smallest absolute Gasteiger partial charge is 0.332 e. The van der Waals surface area contributed by atoms with Gasteiger partial charge in [0.15, 0.2) is 5.78 Å². The lowest BCUT2D eigenvalue weighted by molar-refractivity contribution is -0.122. The van der Waals surface area contributed by atoms with Gasteiger partial charge in [0.2, 0.25) is 0 Å². The topological polar surface area (TPSA) is 130 Å². The van der Waals surface area contributed by atoms with Crippen molar-refractivity contribution in [1.29, 1.82) is 0 Å². The molecular formula is C40H44FN5O6SSi. The fourth-order valence-electron chi connectivity index (χ4n) is 7.19. The monoisotopic (exact) mass is 769 g/mol. The van der Waals surface area contributed by atoms with Gasteiger partial charge in [0, 0.05) is 17.5 Å². The van der Waals surface area contributed by atoms with Gasteiger partial charge in [-0.3, -0.25) is 14.2 Å². The van der Waals surface area contributed by atoms with Crippen LogP contribution in [-0.2, 0) is 16.1 Å². The summed E-state index contributed by atoms with van der Waals surface area (Å²) in [5.74, 6) is -0.546. The highest BCUT2D eigenvalue weighted by Crippen LogP contribution is 2.40. The lowest BCUT2D eigenvalue weighted by Gasteiger charge is -2.41. The largest absolute Gasteiger partial charge is 0.496 e. The summed E-state index contributed by atoms with van der Waals surface area (Å²) in [7, 11) is -2.15. The maximum atomic E-state index is 14.8. The third kappa shape index (κ3) is 7.02. The van der Waals surface area contributed by atoms with Crippen LogP contribution in [0.2, 0.25) is 5.04 Å². The molecule has 14 heteroatoms. The maximum Gasteiger partial charge on any atom is 0.332 e. The highest BCUT2D eigenvalue weighted by Gasteiger charge is 2.51. The number of carbonyl (C=O) groups is 1. The molecule has 0 aliphatic heterocycles. The second kappa shape index (κ2) is 15.4. The van der Waals surface area contributed by atoms with E-state index in [2.05, 4.69) is 10.2 Å². The van der Waals surface area contributed by atoms with E-state index in [9.17, 15) is 23.6 Å². The Bertz CT molecular complexity index is 2350. The Morgan fingerprint density at radius 2 is 1.56 bits per heavy atom. The molecule has 0 aliphatic carbocycles. The number of fused-ring (bicyclic) bond motifs is 1. The summed E-state index contributed by atoms with van der Waals surface area (Å²) in [5, 5.41) is 9.77. The van der Waals surface area contributed by atoms with Crippen LogP contribution in [0, 0.1) is 12.7 Å². The molecule has 0 amide bonds. The molecule has 0 radical (unpaired) electrons. The normalized spacial score (nSPS) is 13.4. The number of ketones is 1. The van der Waals surface area contributed by atoms with Crippen LogP contribution in [0.15, 0.2) is 101 Å². The zero-order valence-electron chi connectivity index (χ0n) is 31.3. The standard InChI is InChI=1S/C40H44FN5O6SSi/c1-25(2)52-34(31-22-28(41)18-19-33(31)51-7)24-44-38-35(26(3)37(53-38)46-42-20-21-43-46)36(48)45(39(44)49)27(4)32(47)23-40(5,6)54(50,29-14-10-8-11-15-29)30-16-12-9-13-17-30/h8-22,25,27,34,50H,23-24H2,1-7H3/t27-,34-/m0/s1. The van der Waals surface area contributed by atoms with Gasteiger partial charge in [0.1, 0.15) is 27.5 Å². The number of halogens is 1. The zero-order valence-corrected chi connectivity index (χ0v) is 33.1. The van der Waals surface area contributed by atoms with E-state index in [1.165, 1.54) is 47.1 Å². The van der Waals surface area contributed by atoms with Gasteiger partial charge in [0.25, 0.3) is 13.9 Å². The van der Waals surface area contributed by atoms with Crippen LogP contribution in [0.3, 0.4) is 0 Å². The predicted octanol–water partition coefficient (Wildman–Crippen LogP) is 5.48. The number of hydrogen-bond acceptors (Lipinski definition) is 9. The Hall–Kier alpha value is -5.02. The minimum Gasteiger partial charge on any atom is -0.496 e. The Labute approximate surface area is 317 Å². The van der Waals surface area contributed by atoms with E-state index in [-0.39, 0.29) is 24.5 Å². The molecule has 3 aromatic heterocycles. The molecule has 1 N–H and O–H groups in total. The summed E-state index contributed by atoms with van der Waals surface area (Å²) in [5.41, 5.74) is -0.472. The number of hydrogen-bond donors (Lipinski definition) is 1. The molecule has 0 aliphatic rings. The highest BCUT2D eigenvalue weighted by atomic mass is 32.1. The van der Waals surface area contributed by atoms with Crippen LogP contribution < -0.4 is 26.4 Å². The van der Waals surface area contributed by atoms with Crippen molar-refractivity contribution in [2.45, 2.75) is 77.8 Å². The third-order valence-corrected chi connectivity index (χ3v) is 15.7. The van der Waals surface area contributed by atoms with Crippen molar-refractivity contribution in [1.82, 2.24) is 24.1 Å². The van der Waals surface area contributed by atoms with Crippen molar-refractivity contribution >= 4 is 46.0 Å². The summed E-state index contributed by atoms with van der Waals surface area (Å²) < 4.78 is 29.0. The second-order valence-electron chi connectivity index (χ2n) is 14.3. The summed E-state index contributed by atoms with van der Waals surface area (Å²) >= 11 is 1.16. The van der Waals surface area contributed by atoms with Crippen molar-refractivity contribution < 1.29 is 23.5 Å². The number of carbonyl (C=O) groups excluding carboxylic acids is 1. The summed E-state index contributed by atoms with van der Waals surface area (Å²) in [6.45, 7) is 10.5. The van der Waals surface area contributed by atoms with Crippen LogP contribution in [0.25, 0.3) is 15.2 Å². The first kappa shape index (κ1) is 38.7. The lowest BCUT2D eigenvalue weighted by atomic mass is 10.0. The molecule has 282 valence electrons. The fraction of sp³-hybridized carbons (Fsp3) is 0.325. The first-order valence-corrected chi connectivity index (χ1v) is 20.5. The molecule has 3 heterocycles. The number of rotatable bonds is 14. The molecule has 54 heavy (non-hydrogen) atoms. The number of aromatic nitrogens is 5. The van der Waals surface area contributed by atoms with Gasteiger partial charge in [-0.15, -0.1) is 4.80 Å². The van der Waals surface area contributed by atoms with Crippen LogP contribution in [0.1, 0.15) is 64.3 Å². The SMILES string of the molecule is COc1ccc(F)cc1[C@H](Cn1c(=O)n([C@@H](C)C(=O)CC(C)(C)[Si](O)(c2ccccc2)c2ccccc2)c(=O)c2c(C)c(-n3nccn3)sc21)OC(C)C. The molecule has 0 fully saturated rings. The number of aryl methyl sites for hydroxylation is 1. The summed E-state index contributed by atoms with van der Waals surface area (Å²) in [6.07, 6.45) is 1.66. The Kier molecular flexibility index (Phi) is 11.0. The van der Waals surface area contributed by atoms with Crippen molar-refractivity contribution in [3.63, 3.8) is 0 Å². The molecule has 3 aromatic carbocycles. The molecule has 6 aromatic rings. The number of ether oxygens (including phenoxy) is 2. The quantitative estimate of drug-likeness (QED) is 0.144. The molecule has 6 rings (SSSR count). The predicted molar refractivity (Wildman–Crippen MR) is 210 cm³/mol. The Morgan fingerprint density at radius 1 is 0.963 bits per heavy atom. The van der Waals surface area contributed by atoms with Crippen LogP contribution in [-0.4, -0.2) is 56.2 Å². The second-order valence-corrected chi connectivity index (χ2v) is 19.2. The minimum atomic E-state index is -3.61. The van der Waals surface area contributed by atoms with Crippen LogP contribution in [0.4, 0.5) is 4.39 Å². The summed E-state index contributed by atoms with van der Waals surface area (Å²) in [4.78, 5) is 58.3. The van der Waals surface area contributed by atoms with E-state index < -0.39 is 48.4 Å². The van der Waals surface area contributed by atoms with Gasteiger partial charge in [-0.05, 0) is 61.3 Å². The number of nitrogens with zero attached hydrogens (tertiary/aromatic N) is 5. The molecule has 11 nitrogen and oxygen atoms in total. The van der Waals surface area contributed by atoms with E-state index in [1.54, 1.807) is 13.8 Å². The number of thiophene rings is 1. The van der Waals surface area contributed by atoms with Gasteiger partial charge in [-0.1, -0.05) is 85.8 Å². The first-order valence-electron chi connectivity index (χ1n) is 17.7. The van der Waals surface area contributed by atoms with Crippen molar-refractivity contribution in [2.75, 3.05) is 7.11 Å². The van der Waals surface area contributed by atoms with Gasteiger partial charge >= 0.3 is 5.69 Å². The average molecular weight is 770 g/mol. The van der Waals surface area contributed by atoms with Crippen molar-refractivity contribution in [3.8, 4) is 10.8 Å². The minimum absolute atomic E-state index is 0.130. The maximum absolute atomic E-state index is 14.8. The molecule has 0 bridgehead atoms. The Morgan fingerprint density at radius 3 is 2.11 bits per heavy atom. The lowest BCUT2D eigenvalue weighted by Crippen LogP contribution is -2.65. The fourth-order valence-corrected chi connectivity index (χ4v) is 12.1.